The van der Waals surface area contributed by atoms with Crippen LogP contribution in [-0.2, 0) is 14.2 Å². The number of methoxy groups -OCH3 is 1. The third-order valence-corrected chi connectivity index (χ3v) is 2.91. The summed E-state index contributed by atoms with van der Waals surface area (Å²) in [4.78, 5) is 0. The topological polar surface area (TPSA) is 47.9 Å². The van der Waals surface area contributed by atoms with Crippen LogP contribution in [0.25, 0.3) is 0 Å². The maximum atomic E-state index is 13.2. The van der Waals surface area contributed by atoms with E-state index in [1.165, 1.54) is 6.08 Å². The van der Waals surface area contributed by atoms with Gasteiger partial charge in [0.25, 0.3) is 0 Å². The van der Waals surface area contributed by atoms with E-state index in [1.54, 1.807) is 13.2 Å². The number of allylic oxidation sites excluding steroid dienone is 1. The van der Waals surface area contributed by atoms with Gasteiger partial charge in [0.1, 0.15) is 23.8 Å². The normalized spacial score (nSPS) is 33.9. The zero-order valence-corrected chi connectivity index (χ0v) is 9.77. The lowest BCUT2D eigenvalue weighted by atomic mass is 10.1. The van der Waals surface area contributed by atoms with Crippen molar-refractivity contribution in [2.45, 2.75) is 37.8 Å². The minimum Gasteiger partial charge on any atom is -0.462 e. The van der Waals surface area contributed by atoms with Crippen LogP contribution in [0.15, 0.2) is 23.7 Å². The van der Waals surface area contributed by atoms with Crippen LogP contribution < -0.4 is 0 Å². The summed E-state index contributed by atoms with van der Waals surface area (Å²) in [7, 11) is 1.60. The first kappa shape index (κ1) is 12.5. The summed E-state index contributed by atoms with van der Waals surface area (Å²) < 4.78 is 29.4. The molecule has 1 N–H and O–H groups in total. The van der Waals surface area contributed by atoms with Crippen LogP contribution in [0.2, 0.25) is 0 Å². The fraction of sp³-hybridized carbons (Fsp3) is 0.667. The van der Waals surface area contributed by atoms with Crippen molar-refractivity contribution in [3.63, 3.8) is 0 Å². The summed E-state index contributed by atoms with van der Waals surface area (Å²) in [6.07, 6.45) is 3.18. The van der Waals surface area contributed by atoms with E-state index in [1.807, 2.05) is 0 Å². The molecule has 1 saturated heterocycles. The number of ether oxygens (including phenoxy) is 3. The number of aliphatic hydroxyl groups excluding tert-OH is 1. The molecule has 3 atom stereocenters. The molecule has 0 aromatic heterocycles. The van der Waals surface area contributed by atoms with Crippen molar-refractivity contribution >= 4 is 0 Å². The molecule has 1 fully saturated rings. The van der Waals surface area contributed by atoms with E-state index in [0.29, 0.717) is 12.4 Å². The monoisotopic (exact) mass is 244 g/mol. The van der Waals surface area contributed by atoms with E-state index < -0.39 is 18.2 Å². The maximum absolute atomic E-state index is 13.2. The Morgan fingerprint density at radius 1 is 1.53 bits per heavy atom. The predicted molar refractivity (Wildman–Crippen MR) is 58.8 cm³/mol. The second kappa shape index (κ2) is 5.62. The molecule has 1 heterocycles. The zero-order valence-electron chi connectivity index (χ0n) is 9.77. The third-order valence-electron chi connectivity index (χ3n) is 2.91. The van der Waals surface area contributed by atoms with Crippen LogP contribution in [-0.4, -0.2) is 37.3 Å². The largest absolute Gasteiger partial charge is 0.462 e. The van der Waals surface area contributed by atoms with Gasteiger partial charge in [-0.1, -0.05) is 0 Å². The lowest BCUT2D eigenvalue weighted by molar-refractivity contribution is -0.202. The summed E-state index contributed by atoms with van der Waals surface area (Å²) in [6.45, 7) is 0.618. The smallest absolute Gasteiger partial charge is 0.226 e. The highest BCUT2D eigenvalue weighted by molar-refractivity contribution is 5.23. The van der Waals surface area contributed by atoms with Gasteiger partial charge >= 0.3 is 0 Å². The van der Waals surface area contributed by atoms with E-state index >= 15 is 0 Å². The second-order valence-electron chi connectivity index (χ2n) is 4.16. The number of hydrogen-bond donors (Lipinski definition) is 1. The lowest BCUT2D eigenvalue weighted by Crippen LogP contribution is -2.37. The number of rotatable bonds is 3. The molecule has 0 aromatic rings. The van der Waals surface area contributed by atoms with Crippen LogP contribution in [0.5, 0.6) is 0 Å². The van der Waals surface area contributed by atoms with Gasteiger partial charge in [-0.05, 0) is 18.9 Å². The van der Waals surface area contributed by atoms with Crippen LogP contribution >= 0.6 is 0 Å². The van der Waals surface area contributed by atoms with Gasteiger partial charge in [-0.3, -0.25) is 0 Å². The molecule has 4 nitrogen and oxygen atoms in total. The molecular formula is C12H17FO4. The minimum absolute atomic E-state index is 0.132. The molecule has 17 heavy (non-hydrogen) atoms. The van der Waals surface area contributed by atoms with Crippen molar-refractivity contribution in [3.05, 3.63) is 23.7 Å². The van der Waals surface area contributed by atoms with Crippen molar-refractivity contribution in [1.82, 2.24) is 0 Å². The van der Waals surface area contributed by atoms with E-state index in [-0.39, 0.29) is 12.5 Å². The minimum atomic E-state index is -1.05. The average Bonchev–Trinajstić information content (AvgIpc) is 2.34. The number of aliphatic hydroxyl groups is 1. The fourth-order valence-corrected chi connectivity index (χ4v) is 1.91. The van der Waals surface area contributed by atoms with Crippen molar-refractivity contribution in [3.8, 4) is 0 Å². The maximum Gasteiger partial charge on any atom is 0.226 e. The van der Waals surface area contributed by atoms with Crippen LogP contribution in [0, 0.1) is 0 Å². The Hall–Kier alpha value is -0.910. The third kappa shape index (κ3) is 3.06. The van der Waals surface area contributed by atoms with Crippen LogP contribution in [0.1, 0.15) is 19.3 Å². The molecule has 0 saturated carbocycles. The molecule has 3 unspecified atom stereocenters. The van der Waals surface area contributed by atoms with Crippen LogP contribution in [0.4, 0.5) is 4.39 Å². The fourth-order valence-electron chi connectivity index (χ4n) is 1.91. The van der Waals surface area contributed by atoms with E-state index in [0.717, 1.165) is 12.8 Å². The van der Waals surface area contributed by atoms with E-state index in [4.69, 9.17) is 14.2 Å². The van der Waals surface area contributed by atoms with Gasteiger partial charge < -0.3 is 19.3 Å². The summed E-state index contributed by atoms with van der Waals surface area (Å²) in [5.41, 5.74) is 0. The van der Waals surface area contributed by atoms with Gasteiger partial charge in [-0.2, -0.15) is 0 Å². The first-order valence-corrected chi connectivity index (χ1v) is 5.77. The van der Waals surface area contributed by atoms with Gasteiger partial charge in [0.05, 0.1) is 6.61 Å². The average molecular weight is 244 g/mol. The highest BCUT2D eigenvalue weighted by Gasteiger charge is 2.28. The highest BCUT2D eigenvalue weighted by atomic mass is 19.1. The zero-order chi connectivity index (χ0) is 12.3. The Kier molecular flexibility index (Phi) is 4.15. The van der Waals surface area contributed by atoms with Crippen LogP contribution in [0.3, 0.4) is 0 Å². The van der Waals surface area contributed by atoms with Gasteiger partial charge in [-0.25, -0.2) is 4.39 Å². The molecule has 1 aliphatic heterocycles. The van der Waals surface area contributed by atoms with E-state index in [2.05, 4.69) is 0 Å². The Bertz CT molecular complexity index is 326. The molecule has 1 aliphatic carbocycles. The quantitative estimate of drug-likeness (QED) is 0.820. The van der Waals surface area contributed by atoms with Gasteiger partial charge in [0.2, 0.25) is 6.29 Å². The molecule has 5 heteroatoms. The Morgan fingerprint density at radius 2 is 2.35 bits per heavy atom. The molecule has 0 bridgehead atoms. The molecular weight excluding hydrogens is 227 g/mol. The second-order valence-corrected chi connectivity index (χ2v) is 4.16. The number of hydrogen-bond acceptors (Lipinski definition) is 4. The molecule has 0 radical (unpaired) electrons. The SMILES string of the molecule is COC1CCCOC1OC1=CCC(O)C(F)=C1. The van der Waals surface area contributed by atoms with Crippen molar-refractivity contribution in [1.29, 1.82) is 0 Å². The molecule has 0 spiro atoms. The molecule has 0 aromatic carbocycles. The highest BCUT2D eigenvalue weighted by Crippen LogP contribution is 2.25. The Morgan fingerprint density at radius 3 is 3.06 bits per heavy atom. The summed E-state index contributed by atoms with van der Waals surface area (Å²) >= 11 is 0. The Balaban J connectivity index is 1.96. The molecule has 2 aliphatic rings. The molecule has 2 rings (SSSR count). The molecule has 0 amide bonds. The summed E-state index contributed by atoms with van der Waals surface area (Å²) in [5, 5.41) is 9.20. The summed E-state index contributed by atoms with van der Waals surface area (Å²) in [6, 6.07) is 0. The van der Waals surface area contributed by atoms with Gasteiger partial charge in [-0.15, -0.1) is 0 Å². The molecule has 96 valence electrons. The van der Waals surface area contributed by atoms with Crippen molar-refractivity contribution < 1.29 is 23.7 Å². The van der Waals surface area contributed by atoms with E-state index in [9.17, 15) is 9.50 Å². The standard InChI is InChI=1S/C12H17FO4/c1-15-11-3-2-6-16-12(11)17-8-4-5-10(14)9(13)7-8/h4,7,10-12,14H,2-3,5-6H2,1H3. The van der Waals surface area contributed by atoms with Crippen molar-refractivity contribution in [2.75, 3.05) is 13.7 Å². The van der Waals surface area contributed by atoms with Gasteiger partial charge in [0.15, 0.2) is 0 Å². The first-order chi connectivity index (χ1) is 8.20. The predicted octanol–water partition coefficient (Wildman–Crippen LogP) is 1.66. The number of halogens is 1. The lowest BCUT2D eigenvalue weighted by Gasteiger charge is -2.31. The van der Waals surface area contributed by atoms with Crippen molar-refractivity contribution in [2.24, 2.45) is 0 Å². The van der Waals surface area contributed by atoms with Gasteiger partial charge in [0, 0.05) is 19.6 Å². The Labute approximate surface area is 99.7 Å². The first-order valence-electron chi connectivity index (χ1n) is 5.77. The summed E-state index contributed by atoms with van der Waals surface area (Å²) in [5.74, 6) is -0.186.